The molecule has 0 fully saturated rings. The Bertz CT molecular complexity index is 545. The molecule has 1 N–H and O–H groups in total. The predicted molar refractivity (Wildman–Crippen MR) is 88.4 cm³/mol. The number of nitrogens with zero attached hydrogens (tertiary/aromatic N) is 2. The van der Waals surface area contributed by atoms with Crippen LogP contribution in [0.2, 0.25) is 5.02 Å². The summed E-state index contributed by atoms with van der Waals surface area (Å²) in [6.45, 7) is 8.49. The molecule has 1 aromatic carbocycles. The Balaban J connectivity index is 2.06. The van der Waals surface area contributed by atoms with Crippen LogP contribution >= 0.6 is 11.6 Å². The van der Waals surface area contributed by atoms with Crippen molar-refractivity contribution in [3.8, 4) is 0 Å². The second kappa shape index (κ2) is 7.62. The number of hydrogen-bond acceptors (Lipinski definition) is 2. The SMILES string of the molecule is CCCn1cncc1CNC(c1ccc(Cl)cc1)C(C)C. The maximum atomic E-state index is 5.98. The molecule has 0 saturated heterocycles. The quantitative estimate of drug-likeness (QED) is 0.820. The van der Waals surface area contributed by atoms with Crippen molar-refractivity contribution in [2.75, 3.05) is 0 Å². The van der Waals surface area contributed by atoms with Crippen molar-refractivity contribution in [3.05, 3.63) is 53.1 Å². The van der Waals surface area contributed by atoms with E-state index in [4.69, 9.17) is 11.6 Å². The monoisotopic (exact) mass is 305 g/mol. The van der Waals surface area contributed by atoms with Gasteiger partial charge in [-0.15, -0.1) is 0 Å². The molecule has 0 aliphatic rings. The van der Waals surface area contributed by atoms with E-state index in [9.17, 15) is 0 Å². The Kier molecular flexibility index (Phi) is 5.83. The van der Waals surface area contributed by atoms with Crippen LogP contribution in [-0.4, -0.2) is 9.55 Å². The van der Waals surface area contributed by atoms with E-state index in [2.05, 4.69) is 47.8 Å². The zero-order valence-electron chi connectivity index (χ0n) is 13.0. The molecule has 1 atom stereocenters. The van der Waals surface area contributed by atoms with Gasteiger partial charge in [-0.1, -0.05) is 44.5 Å². The summed E-state index contributed by atoms with van der Waals surface area (Å²) in [7, 11) is 0. The molecule has 1 heterocycles. The molecule has 0 aliphatic heterocycles. The molecule has 0 bridgehead atoms. The highest BCUT2D eigenvalue weighted by atomic mass is 35.5. The van der Waals surface area contributed by atoms with Crippen molar-refractivity contribution in [1.82, 2.24) is 14.9 Å². The van der Waals surface area contributed by atoms with Crippen molar-refractivity contribution >= 4 is 11.6 Å². The fraction of sp³-hybridized carbons (Fsp3) is 0.471. The number of hydrogen-bond donors (Lipinski definition) is 1. The number of aryl methyl sites for hydroxylation is 1. The number of benzene rings is 1. The van der Waals surface area contributed by atoms with Crippen molar-refractivity contribution < 1.29 is 0 Å². The van der Waals surface area contributed by atoms with Crippen molar-refractivity contribution in [1.29, 1.82) is 0 Å². The minimum Gasteiger partial charge on any atom is -0.333 e. The topological polar surface area (TPSA) is 29.9 Å². The van der Waals surface area contributed by atoms with Gasteiger partial charge in [0, 0.05) is 30.4 Å². The van der Waals surface area contributed by atoms with E-state index < -0.39 is 0 Å². The molecule has 4 heteroatoms. The second-order valence-corrected chi connectivity index (χ2v) is 6.17. The van der Waals surface area contributed by atoms with E-state index in [1.807, 2.05) is 24.7 Å². The van der Waals surface area contributed by atoms with Crippen molar-refractivity contribution in [3.63, 3.8) is 0 Å². The normalized spacial score (nSPS) is 12.8. The molecule has 1 unspecified atom stereocenters. The van der Waals surface area contributed by atoms with Gasteiger partial charge in [-0.2, -0.15) is 0 Å². The van der Waals surface area contributed by atoms with Gasteiger partial charge in [-0.3, -0.25) is 0 Å². The van der Waals surface area contributed by atoms with Gasteiger partial charge in [0.05, 0.1) is 12.0 Å². The lowest BCUT2D eigenvalue weighted by molar-refractivity contribution is 0.404. The molecule has 114 valence electrons. The average molecular weight is 306 g/mol. The van der Waals surface area contributed by atoms with Crippen LogP contribution in [0.15, 0.2) is 36.8 Å². The van der Waals surface area contributed by atoms with Crippen LogP contribution in [0, 0.1) is 5.92 Å². The summed E-state index contributed by atoms with van der Waals surface area (Å²) in [6.07, 6.45) is 4.98. The average Bonchev–Trinajstić information content (AvgIpc) is 2.89. The molecule has 0 spiro atoms. The van der Waals surface area contributed by atoms with Crippen molar-refractivity contribution in [2.45, 2.75) is 46.3 Å². The number of rotatable bonds is 7. The molecular weight excluding hydrogens is 282 g/mol. The molecule has 0 amide bonds. The number of aromatic nitrogens is 2. The molecule has 0 aliphatic carbocycles. The first-order valence-electron chi connectivity index (χ1n) is 7.59. The summed E-state index contributed by atoms with van der Waals surface area (Å²) in [5.41, 5.74) is 2.51. The van der Waals surface area contributed by atoms with Gasteiger partial charge in [-0.25, -0.2) is 4.98 Å². The summed E-state index contributed by atoms with van der Waals surface area (Å²) < 4.78 is 2.21. The smallest absolute Gasteiger partial charge is 0.0948 e. The van der Waals surface area contributed by atoms with Crippen molar-refractivity contribution in [2.24, 2.45) is 5.92 Å². The summed E-state index contributed by atoms with van der Waals surface area (Å²) >= 11 is 5.98. The highest BCUT2D eigenvalue weighted by molar-refractivity contribution is 6.30. The van der Waals surface area contributed by atoms with Crippen LogP contribution in [0.25, 0.3) is 0 Å². The van der Waals surface area contributed by atoms with Gasteiger partial charge in [-0.05, 0) is 30.0 Å². The van der Waals surface area contributed by atoms with Crippen LogP contribution in [0.4, 0.5) is 0 Å². The highest BCUT2D eigenvalue weighted by Gasteiger charge is 2.15. The minimum absolute atomic E-state index is 0.312. The third-order valence-corrected chi connectivity index (χ3v) is 3.91. The first-order chi connectivity index (χ1) is 10.1. The van der Waals surface area contributed by atoms with E-state index in [1.165, 1.54) is 11.3 Å². The standard InChI is InChI=1S/C17H24ClN3/c1-4-9-21-12-19-10-16(21)11-20-17(13(2)3)14-5-7-15(18)8-6-14/h5-8,10,12-13,17,20H,4,9,11H2,1-3H3. The molecule has 21 heavy (non-hydrogen) atoms. The van der Waals surface area contributed by atoms with E-state index in [0.29, 0.717) is 12.0 Å². The van der Waals surface area contributed by atoms with E-state index in [1.54, 1.807) is 0 Å². The molecule has 0 radical (unpaired) electrons. The molecule has 2 aromatic rings. The molecular formula is C17H24ClN3. The first-order valence-corrected chi connectivity index (χ1v) is 7.97. The zero-order valence-corrected chi connectivity index (χ0v) is 13.8. The van der Waals surface area contributed by atoms with Gasteiger partial charge < -0.3 is 9.88 Å². The Morgan fingerprint density at radius 1 is 1.24 bits per heavy atom. The Morgan fingerprint density at radius 2 is 1.95 bits per heavy atom. The summed E-state index contributed by atoms with van der Waals surface area (Å²) in [4.78, 5) is 4.25. The number of halogens is 1. The highest BCUT2D eigenvalue weighted by Crippen LogP contribution is 2.23. The largest absolute Gasteiger partial charge is 0.333 e. The lowest BCUT2D eigenvalue weighted by atomic mass is 9.96. The lowest BCUT2D eigenvalue weighted by Crippen LogP contribution is -2.26. The zero-order chi connectivity index (χ0) is 15.2. The third kappa shape index (κ3) is 4.32. The molecule has 3 nitrogen and oxygen atoms in total. The number of nitrogens with one attached hydrogen (secondary N) is 1. The minimum atomic E-state index is 0.312. The molecule has 0 saturated carbocycles. The molecule has 1 aromatic heterocycles. The third-order valence-electron chi connectivity index (χ3n) is 3.66. The predicted octanol–water partition coefficient (Wildman–Crippen LogP) is 4.43. The fourth-order valence-corrected chi connectivity index (χ4v) is 2.69. The van der Waals surface area contributed by atoms with Gasteiger partial charge in [0.25, 0.3) is 0 Å². The van der Waals surface area contributed by atoms with Crippen LogP contribution in [0.5, 0.6) is 0 Å². The van der Waals surface area contributed by atoms with Crippen LogP contribution in [0.3, 0.4) is 0 Å². The van der Waals surface area contributed by atoms with E-state index in [-0.39, 0.29) is 0 Å². The van der Waals surface area contributed by atoms with Crippen LogP contribution < -0.4 is 5.32 Å². The Labute approximate surface area is 132 Å². The summed E-state index contributed by atoms with van der Waals surface area (Å²) in [6, 6.07) is 8.42. The number of imidazole rings is 1. The van der Waals surface area contributed by atoms with Gasteiger partial charge >= 0.3 is 0 Å². The van der Waals surface area contributed by atoms with Crippen LogP contribution in [-0.2, 0) is 13.1 Å². The Hall–Kier alpha value is -1.32. The Morgan fingerprint density at radius 3 is 2.57 bits per heavy atom. The van der Waals surface area contributed by atoms with E-state index >= 15 is 0 Å². The first kappa shape index (κ1) is 16.1. The maximum absolute atomic E-state index is 5.98. The fourth-order valence-electron chi connectivity index (χ4n) is 2.56. The van der Waals surface area contributed by atoms with Gasteiger partial charge in [0.2, 0.25) is 0 Å². The van der Waals surface area contributed by atoms with Crippen LogP contribution in [0.1, 0.15) is 44.5 Å². The van der Waals surface area contributed by atoms with Gasteiger partial charge in [0.15, 0.2) is 0 Å². The maximum Gasteiger partial charge on any atom is 0.0948 e. The van der Waals surface area contributed by atoms with E-state index in [0.717, 1.165) is 24.5 Å². The molecule has 2 rings (SSSR count). The summed E-state index contributed by atoms with van der Waals surface area (Å²) in [5.74, 6) is 0.508. The lowest BCUT2D eigenvalue weighted by Gasteiger charge is -2.23. The van der Waals surface area contributed by atoms with Gasteiger partial charge in [0.1, 0.15) is 0 Å². The second-order valence-electron chi connectivity index (χ2n) is 5.73. The summed E-state index contributed by atoms with van der Waals surface area (Å²) in [5, 5.41) is 4.43.